The van der Waals surface area contributed by atoms with Gasteiger partial charge in [-0.25, -0.2) is 4.90 Å². The molecule has 1 fully saturated rings. The van der Waals surface area contributed by atoms with E-state index in [-0.39, 0.29) is 12.5 Å². The molecule has 8 heteroatoms. The second-order valence-electron chi connectivity index (χ2n) is 7.35. The molecule has 0 aromatic heterocycles. The van der Waals surface area contributed by atoms with E-state index in [1.165, 1.54) is 4.90 Å². The third-order valence-electron chi connectivity index (χ3n) is 5.09. The largest absolute Gasteiger partial charge is 0.496 e. The lowest BCUT2D eigenvalue weighted by atomic mass is 10.1. The van der Waals surface area contributed by atoms with Crippen LogP contribution in [-0.4, -0.2) is 24.7 Å². The predicted octanol–water partition coefficient (Wildman–Crippen LogP) is 5.59. The summed E-state index contributed by atoms with van der Waals surface area (Å²) in [7, 11) is 1.60. The summed E-state index contributed by atoms with van der Waals surface area (Å²) in [6, 6.07) is 20.1. The lowest BCUT2D eigenvalue weighted by Gasteiger charge is -2.18. The molecule has 0 radical (unpaired) electrons. The molecule has 34 heavy (non-hydrogen) atoms. The SMILES string of the molecule is CCOc1ccccc1N1C(=O)/C(=C\c2ccc(OC)c(COc3cccc(Cl)c3)c2)NC1=S. The van der Waals surface area contributed by atoms with Gasteiger partial charge >= 0.3 is 0 Å². The molecule has 3 aromatic carbocycles. The highest BCUT2D eigenvalue weighted by atomic mass is 35.5. The van der Waals surface area contributed by atoms with Crippen molar-refractivity contribution in [2.75, 3.05) is 18.6 Å². The highest BCUT2D eigenvalue weighted by Crippen LogP contribution is 2.32. The molecule has 1 N–H and O–H groups in total. The number of carbonyl (C=O) groups excluding carboxylic acids is 1. The number of rotatable bonds is 8. The molecule has 0 spiro atoms. The number of amides is 1. The fourth-order valence-electron chi connectivity index (χ4n) is 3.56. The van der Waals surface area contributed by atoms with Gasteiger partial charge in [0.15, 0.2) is 5.11 Å². The maximum absolute atomic E-state index is 13.2. The minimum Gasteiger partial charge on any atom is -0.496 e. The van der Waals surface area contributed by atoms with E-state index in [2.05, 4.69) is 5.32 Å². The highest BCUT2D eigenvalue weighted by molar-refractivity contribution is 7.80. The Kier molecular flexibility index (Phi) is 7.35. The maximum Gasteiger partial charge on any atom is 0.281 e. The average Bonchev–Trinajstić information content (AvgIpc) is 3.11. The summed E-state index contributed by atoms with van der Waals surface area (Å²) < 4.78 is 17.0. The first-order valence-electron chi connectivity index (χ1n) is 10.6. The van der Waals surface area contributed by atoms with Crippen molar-refractivity contribution in [2.45, 2.75) is 13.5 Å². The van der Waals surface area contributed by atoms with Gasteiger partial charge in [-0.15, -0.1) is 0 Å². The number of para-hydroxylation sites is 2. The second kappa shape index (κ2) is 10.6. The van der Waals surface area contributed by atoms with Crippen LogP contribution in [0.3, 0.4) is 0 Å². The highest BCUT2D eigenvalue weighted by Gasteiger charge is 2.33. The van der Waals surface area contributed by atoms with Gasteiger partial charge in [0.1, 0.15) is 29.6 Å². The molecular weight excluding hydrogens is 472 g/mol. The molecule has 0 atom stereocenters. The Morgan fingerprint density at radius 1 is 1.03 bits per heavy atom. The van der Waals surface area contributed by atoms with Crippen molar-refractivity contribution in [3.8, 4) is 17.2 Å². The number of methoxy groups -OCH3 is 1. The second-order valence-corrected chi connectivity index (χ2v) is 8.17. The molecule has 0 saturated carbocycles. The molecule has 6 nitrogen and oxygen atoms in total. The van der Waals surface area contributed by atoms with Gasteiger partial charge in [0, 0.05) is 10.6 Å². The van der Waals surface area contributed by atoms with Crippen LogP contribution in [0.2, 0.25) is 5.02 Å². The Morgan fingerprint density at radius 2 is 1.85 bits per heavy atom. The third-order valence-corrected chi connectivity index (χ3v) is 5.61. The van der Waals surface area contributed by atoms with Crippen LogP contribution in [0.5, 0.6) is 17.2 Å². The zero-order valence-corrected chi connectivity index (χ0v) is 20.3. The molecule has 1 aliphatic heterocycles. The van der Waals surface area contributed by atoms with Crippen molar-refractivity contribution in [1.29, 1.82) is 0 Å². The standard InChI is InChI=1S/C26H23ClN2O4S/c1-3-32-24-10-5-4-9-22(24)29-25(30)21(28-26(29)34)14-17-11-12-23(31-2)18(13-17)16-33-20-8-6-7-19(27)15-20/h4-15H,3,16H2,1-2H3,(H,28,34)/b21-14+. The van der Waals surface area contributed by atoms with Crippen molar-refractivity contribution >= 4 is 46.6 Å². The van der Waals surface area contributed by atoms with Crippen LogP contribution in [-0.2, 0) is 11.4 Å². The Bertz CT molecular complexity index is 1260. The molecule has 0 aliphatic carbocycles. The summed E-state index contributed by atoms with van der Waals surface area (Å²) in [6.45, 7) is 2.64. The van der Waals surface area contributed by atoms with Crippen LogP contribution in [0.1, 0.15) is 18.1 Å². The molecular formula is C26H23ClN2O4S. The lowest BCUT2D eigenvalue weighted by Crippen LogP contribution is -2.30. The number of halogens is 1. The first-order valence-corrected chi connectivity index (χ1v) is 11.4. The summed E-state index contributed by atoms with van der Waals surface area (Å²) in [5.74, 6) is 1.66. The summed E-state index contributed by atoms with van der Waals surface area (Å²) >= 11 is 11.5. The summed E-state index contributed by atoms with van der Waals surface area (Å²) in [5, 5.41) is 3.91. The summed E-state index contributed by atoms with van der Waals surface area (Å²) in [4.78, 5) is 14.7. The van der Waals surface area contributed by atoms with Crippen LogP contribution < -0.4 is 24.4 Å². The lowest BCUT2D eigenvalue weighted by molar-refractivity contribution is -0.113. The van der Waals surface area contributed by atoms with Gasteiger partial charge in [0.25, 0.3) is 5.91 Å². The normalized spacial score (nSPS) is 14.3. The van der Waals surface area contributed by atoms with Gasteiger partial charge in [-0.3, -0.25) is 4.79 Å². The van der Waals surface area contributed by atoms with E-state index in [1.54, 1.807) is 31.4 Å². The maximum atomic E-state index is 13.2. The monoisotopic (exact) mass is 494 g/mol. The van der Waals surface area contributed by atoms with Crippen molar-refractivity contribution in [2.24, 2.45) is 0 Å². The van der Waals surface area contributed by atoms with Crippen LogP contribution in [0, 0.1) is 0 Å². The molecule has 0 bridgehead atoms. The summed E-state index contributed by atoms with van der Waals surface area (Å²) in [5.41, 5.74) is 2.58. The van der Waals surface area contributed by atoms with Gasteiger partial charge < -0.3 is 19.5 Å². The molecule has 4 rings (SSSR count). The number of thiocarbonyl (C=S) groups is 1. The molecule has 1 amide bonds. The number of hydrogen-bond acceptors (Lipinski definition) is 5. The van der Waals surface area contributed by atoms with E-state index in [0.717, 1.165) is 11.1 Å². The number of carbonyl (C=O) groups is 1. The van der Waals surface area contributed by atoms with E-state index in [9.17, 15) is 4.79 Å². The van der Waals surface area contributed by atoms with Crippen LogP contribution in [0.25, 0.3) is 6.08 Å². The first-order chi connectivity index (χ1) is 16.5. The third kappa shape index (κ3) is 5.16. The van der Waals surface area contributed by atoms with E-state index in [0.29, 0.717) is 45.4 Å². The zero-order chi connectivity index (χ0) is 24.1. The van der Waals surface area contributed by atoms with Gasteiger partial charge in [0.05, 0.1) is 19.4 Å². The minimum absolute atomic E-state index is 0.260. The average molecular weight is 495 g/mol. The number of anilines is 1. The van der Waals surface area contributed by atoms with Crippen LogP contribution in [0.15, 0.2) is 72.4 Å². The fourth-order valence-corrected chi connectivity index (χ4v) is 4.03. The number of ether oxygens (including phenoxy) is 3. The van der Waals surface area contributed by atoms with E-state index < -0.39 is 0 Å². The zero-order valence-electron chi connectivity index (χ0n) is 18.7. The van der Waals surface area contributed by atoms with Crippen molar-refractivity contribution in [1.82, 2.24) is 5.32 Å². The minimum atomic E-state index is -0.260. The van der Waals surface area contributed by atoms with E-state index >= 15 is 0 Å². The van der Waals surface area contributed by atoms with Crippen LogP contribution >= 0.6 is 23.8 Å². The molecule has 1 saturated heterocycles. The smallest absolute Gasteiger partial charge is 0.281 e. The quantitative estimate of drug-likeness (QED) is 0.325. The van der Waals surface area contributed by atoms with Gasteiger partial charge in [-0.1, -0.05) is 35.9 Å². The van der Waals surface area contributed by atoms with E-state index in [1.807, 2.05) is 55.5 Å². The van der Waals surface area contributed by atoms with Gasteiger partial charge in [-0.05, 0) is 73.2 Å². The number of benzene rings is 3. The van der Waals surface area contributed by atoms with Crippen LogP contribution in [0.4, 0.5) is 5.69 Å². The molecule has 1 aliphatic rings. The van der Waals surface area contributed by atoms with Crippen molar-refractivity contribution in [3.63, 3.8) is 0 Å². The van der Waals surface area contributed by atoms with Gasteiger partial charge in [-0.2, -0.15) is 0 Å². The Morgan fingerprint density at radius 3 is 2.62 bits per heavy atom. The summed E-state index contributed by atoms with van der Waals surface area (Å²) in [6.07, 6.45) is 1.75. The fraction of sp³-hybridized carbons (Fsp3) is 0.154. The predicted molar refractivity (Wildman–Crippen MR) is 138 cm³/mol. The van der Waals surface area contributed by atoms with Crippen molar-refractivity contribution in [3.05, 3.63) is 88.6 Å². The number of hydrogen-bond donors (Lipinski definition) is 1. The molecule has 174 valence electrons. The Balaban J connectivity index is 1.58. The first kappa shape index (κ1) is 23.6. The molecule has 3 aromatic rings. The molecule has 0 unspecified atom stereocenters. The molecule has 1 heterocycles. The number of nitrogens with one attached hydrogen (secondary N) is 1. The Hall–Kier alpha value is -3.55. The van der Waals surface area contributed by atoms with Crippen molar-refractivity contribution < 1.29 is 19.0 Å². The van der Waals surface area contributed by atoms with E-state index in [4.69, 9.17) is 38.0 Å². The topological polar surface area (TPSA) is 60.0 Å². The van der Waals surface area contributed by atoms with Gasteiger partial charge in [0.2, 0.25) is 0 Å². The Labute approximate surface area is 208 Å². The number of nitrogens with zero attached hydrogens (tertiary/aromatic N) is 1.